The van der Waals surface area contributed by atoms with Crippen LogP contribution in [0, 0.1) is 5.92 Å². The van der Waals surface area contributed by atoms with Crippen molar-refractivity contribution in [3.63, 3.8) is 0 Å². The van der Waals surface area contributed by atoms with E-state index in [0.29, 0.717) is 0 Å². The van der Waals surface area contributed by atoms with E-state index in [1.807, 2.05) is 18.7 Å². The molecule has 1 atom stereocenters. The van der Waals surface area contributed by atoms with E-state index in [1.165, 1.54) is 19.3 Å². The number of hydrogen-bond donors (Lipinski definition) is 0. The van der Waals surface area contributed by atoms with Crippen LogP contribution in [0.5, 0.6) is 0 Å². The minimum Gasteiger partial charge on any atom is -0.354 e. The average Bonchev–Trinajstić information content (AvgIpc) is 2.90. The lowest BCUT2D eigenvalue weighted by Crippen LogP contribution is -2.45. The Balaban J connectivity index is 1.63. The number of amides is 1. The molecule has 1 saturated heterocycles. The molecular formula is C20H30N6O. The van der Waals surface area contributed by atoms with Gasteiger partial charge in [-0.15, -0.1) is 0 Å². The van der Waals surface area contributed by atoms with Crippen molar-refractivity contribution in [2.24, 2.45) is 5.92 Å². The summed E-state index contributed by atoms with van der Waals surface area (Å²) in [7, 11) is 0. The fraction of sp³-hybridized carbons (Fsp3) is 0.700. The number of imidazole rings is 1. The van der Waals surface area contributed by atoms with Crippen LogP contribution in [0.1, 0.15) is 51.8 Å². The Morgan fingerprint density at radius 2 is 2.00 bits per heavy atom. The summed E-state index contributed by atoms with van der Waals surface area (Å²) in [5.74, 6) is 2.36. The summed E-state index contributed by atoms with van der Waals surface area (Å²) in [5.41, 5.74) is 1.86. The van der Waals surface area contributed by atoms with Gasteiger partial charge in [-0.3, -0.25) is 4.79 Å². The predicted molar refractivity (Wildman–Crippen MR) is 106 cm³/mol. The van der Waals surface area contributed by atoms with E-state index >= 15 is 0 Å². The number of anilines is 1. The van der Waals surface area contributed by atoms with Crippen molar-refractivity contribution < 1.29 is 4.79 Å². The highest BCUT2D eigenvalue weighted by molar-refractivity contribution is 5.85. The summed E-state index contributed by atoms with van der Waals surface area (Å²) < 4.78 is 2.27. The normalized spacial score (nSPS) is 20.4. The molecule has 2 aromatic rings. The van der Waals surface area contributed by atoms with Crippen molar-refractivity contribution in [2.75, 3.05) is 31.1 Å². The van der Waals surface area contributed by atoms with E-state index in [2.05, 4.69) is 19.4 Å². The molecule has 2 aliphatic rings. The first-order valence-corrected chi connectivity index (χ1v) is 10.5. The molecule has 2 aromatic heterocycles. The van der Waals surface area contributed by atoms with Crippen LogP contribution in [0.15, 0.2) is 6.33 Å². The van der Waals surface area contributed by atoms with Crippen molar-refractivity contribution in [3.05, 3.63) is 12.2 Å². The Hall–Kier alpha value is -2.18. The monoisotopic (exact) mass is 370 g/mol. The molecule has 7 heteroatoms. The summed E-state index contributed by atoms with van der Waals surface area (Å²) in [6.45, 7) is 8.29. The lowest BCUT2D eigenvalue weighted by atomic mass is 9.96. The topological polar surface area (TPSA) is 67.2 Å². The number of piperidine rings is 1. The summed E-state index contributed by atoms with van der Waals surface area (Å²) in [5, 5.41) is 0. The number of fused-ring (bicyclic) bond motifs is 3. The van der Waals surface area contributed by atoms with Crippen molar-refractivity contribution >= 4 is 22.9 Å². The maximum atomic E-state index is 12.8. The molecule has 4 heterocycles. The number of carbonyl (C=O) groups is 1. The van der Waals surface area contributed by atoms with Gasteiger partial charge in [-0.1, -0.05) is 6.42 Å². The SMILES string of the molecule is CCN(CC)C(=O)[C@H]1CCCN(c2ncnc3c2nc2n3CCCCC2)C1. The number of aromatic nitrogens is 4. The average molecular weight is 371 g/mol. The van der Waals surface area contributed by atoms with Gasteiger partial charge in [0.25, 0.3) is 0 Å². The van der Waals surface area contributed by atoms with E-state index < -0.39 is 0 Å². The molecule has 0 aliphatic carbocycles. The van der Waals surface area contributed by atoms with Gasteiger partial charge in [-0.25, -0.2) is 15.0 Å². The lowest BCUT2D eigenvalue weighted by molar-refractivity contribution is -0.135. The maximum absolute atomic E-state index is 12.8. The zero-order valence-corrected chi connectivity index (χ0v) is 16.5. The molecule has 0 saturated carbocycles. The summed E-state index contributed by atoms with van der Waals surface area (Å²) >= 11 is 0. The van der Waals surface area contributed by atoms with Crippen LogP contribution in [-0.2, 0) is 17.8 Å². The highest BCUT2D eigenvalue weighted by Gasteiger charge is 2.30. The molecule has 0 radical (unpaired) electrons. The van der Waals surface area contributed by atoms with Gasteiger partial charge in [0.05, 0.1) is 5.92 Å². The molecule has 0 aromatic carbocycles. The van der Waals surface area contributed by atoms with E-state index in [0.717, 1.165) is 74.8 Å². The van der Waals surface area contributed by atoms with E-state index in [-0.39, 0.29) is 11.8 Å². The van der Waals surface area contributed by atoms with E-state index in [1.54, 1.807) is 6.33 Å². The van der Waals surface area contributed by atoms with Crippen molar-refractivity contribution in [1.82, 2.24) is 24.4 Å². The highest BCUT2D eigenvalue weighted by Crippen LogP contribution is 2.29. The Bertz CT molecular complexity index is 812. The Labute approximate surface area is 160 Å². The Kier molecular flexibility index (Phi) is 5.27. The van der Waals surface area contributed by atoms with Crippen LogP contribution in [0.3, 0.4) is 0 Å². The van der Waals surface area contributed by atoms with Crippen LogP contribution in [-0.4, -0.2) is 56.5 Å². The third-order valence-electron chi connectivity index (χ3n) is 6.02. The minimum atomic E-state index is 0.0455. The third-order valence-corrected chi connectivity index (χ3v) is 6.02. The van der Waals surface area contributed by atoms with Gasteiger partial charge in [0.2, 0.25) is 5.91 Å². The molecule has 0 unspecified atom stereocenters. The first-order chi connectivity index (χ1) is 13.2. The van der Waals surface area contributed by atoms with E-state index in [4.69, 9.17) is 4.98 Å². The fourth-order valence-corrected chi connectivity index (χ4v) is 4.52. The number of nitrogens with zero attached hydrogens (tertiary/aromatic N) is 6. The second-order valence-corrected chi connectivity index (χ2v) is 7.66. The Morgan fingerprint density at radius 1 is 1.15 bits per heavy atom. The smallest absolute Gasteiger partial charge is 0.227 e. The first-order valence-electron chi connectivity index (χ1n) is 10.5. The van der Waals surface area contributed by atoms with Crippen LogP contribution in [0.2, 0.25) is 0 Å². The number of carbonyl (C=O) groups excluding carboxylic acids is 1. The van der Waals surface area contributed by atoms with Crippen LogP contribution in [0.4, 0.5) is 5.82 Å². The second-order valence-electron chi connectivity index (χ2n) is 7.66. The molecule has 146 valence electrons. The van der Waals surface area contributed by atoms with Crippen molar-refractivity contribution in [2.45, 2.75) is 58.9 Å². The predicted octanol–water partition coefficient (Wildman–Crippen LogP) is 2.64. The second kappa shape index (κ2) is 7.82. The molecule has 0 spiro atoms. The van der Waals surface area contributed by atoms with E-state index in [9.17, 15) is 4.79 Å². The Morgan fingerprint density at radius 3 is 2.81 bits per heavy atom. The standard InChI is InChI=1S/C20H30N6O/c1-3-24(4-2)20(27)15-9-8-11-25(13-15)18-17-19(22-14-21-18)26-12-7-5-6-10-16(26)23-17/h14-15H,3-13H2,1-2H3/t15-/m0/s1. The van der Waals surface area contributed by atoms with Crippen LogP contribution in [0.25, 0.3) is 11.2 Å². The lowest BCUT2D eigenvalue weighted by Gasteiger charge is -2.35. The molecule has 1 amide bonds. The molecule has 0 bridgehead atoms. The van der Waals surface area contributed by atoms with Crippen molar-refractivity contribution in [1.29, 1.82) is 0 Å². The third kappa shape index (κ3) is 3.39. The van der Waals surface area contributed by atoms with Gasteiger partial charge in [-0.05, 0) is 39.5 Å². The molecule has 1 fully saturated rings. The van der Waals surface area contributed by atoms with Gasteiger partial charge >= 0.3 is 0 Å². The maximum Gasteiger partial charge on any atom is 0.227 e. The summed E-state index contributed by atoms with van der Waals surface area (Å²) in [6, 6.07) is 0. The fourth-order valence-electron chi connectivity index (χ4n) is 4.52. The van der Waals surface area contributed by atoms with Crippen molar-refractivity contribution in [3.8, 4) is 0 Å². The van der Waals surface area contributed by atoms with Gasteiger partial charge in [0.1, 0.15) is 12.2 Å². The van der Waals surface area contributed by atoms with Crippen LogP contribution >= 0.6 is 0 Å². The number of rotatable bonds is 4. The zero-order valence-electron chi connectivity index (χ0n) is 16.5. The summed E-state index contributed by atoms with van der Waals surface area (Å²) in [4.78, 5) is 31.1. The number of hydrogen-bond acceptors (Lipinski definition) is 5. The van der Waals surface area contributed by atoms with Gasteiger partial charge in [0, 0.05) is 39.1 Å². The quantitative estimate of drug-likeness (QED) is 0.828. The first kappa shape index (κ1) is 18.2. The zero-order chi connectivity index (χ0) is 18.8. The highest BCUT2D eigenvalue weighted by atomic mass is 16.2. The summed E-state index contributed by atoms with van der Waals surface area (Å²) in [6.07, 6.45) is 8.27. The van der Waals surface area contributed by atoms with Crippen LogP contribution < -0.4 is 4.90 Å². The van der Waals surface area contributed by atoms with Gasteiger partial charge in [0.15, 0.2) is 17.0 Å². The molecule has 0 N–H and O–H groups in total. The molecular weight excluding hydrogens is 340 g/mol. The van der Waals surface area contributed by atoms with Gasteiger partial charge < -0.3 is 14.4 Å². The molecule has 27 heavy (non-hydrogen) atoms. The van der Waals surface area contributed by atoms with Gasteiger partial charge in [-0.2, -0.15) is 0 Å². The molecule has 2 aliphatic heterocycles. The molecule has 4 rings (SSSR count). The minimum absolute atomic E-state index is 0.0455. The molecule has 7 nitrogen and oxygen atoms in total. The number of aryl methyl sites for hydroxylation is 2. The largest absolute Gasteiger partial charge is 0.354 e.